The van der Waals surface area contributed by atoms with E-state index < -0.39 is 0 Å². The Morgan fingerprint density at radius 2 is 2.10 bits per heavy atom. The molecule has 1 aromatic carbocycles. The average Bonchev–Trinajstić information content (AvgIpc) is 3.21. The minimum atomic E-state index is -0.375. The second-order valence-corrected chi connectivity index (χ2v) is 5.92. The number of anilines is 1. The lowest BCUT2D eigenvalue weighted by Gasteiger charge is -2.12. The van der Waals surface area contributed by atoms with Crippen molar-refractivity contribution in [2.45, 2.75) is 6.54 Å². The second kappa shape index (κ2) is 9.32. The van der Waals surface area contributed by atoms with Gasteiger partial charge in [0.15, 0.2) is 5.82 Å². The highest BCUT2D eigenvalue weighted by molar-refractivity contribution is 6.06. The van der Waals surface area contributed by atoms with E-state index in [2.05, 4.69) is 33.7 Å². The molecule has 2 heterocycles. The number of benzene rings is 1. The third kappa shape index (κ3) is 4.67. The monoisotopic (exact) mass is 391 g/mol. The Kier molecular flexibility index (Phi) is 6.36. The van der Waals surface area contributed by atoms with E-state index in [0.717, 1.165) is 0 Å². The summed E-state index contributed by atoms with van der Waals surface area (Å²) < 4.78 is 12.6. The number of hydrogen-bond donors (Lipinski definition) is 1. The first-order valence-corrected chi connectivity index (χ1v) is 8.85. The van der Waals surface area contributed by atoms with Gasteiger partial charge >= 0.3 is 0 Å². The van der Waals surface area contributed by atoms with Crippen LogP contribution in [0, 0.1) is 0 Å². The molecule has 0 fully saturated rings. The number of aromatic nitrogens is 4. The minimum Gasteiger partial charge on any atom is -0.497 e. The van der Waals surface area contributed by atoms with Gasteiger partial charge in [-0.05, 0) is 30.3 Å². The molecule has 8 nitrogen and oxygen atoms in total. The van der Waals surface area contributed by atoms with Gasteiger partial charge in [-0.15, -0.1) is 16.8 Å². The predicted molar refractivity (Wildman–Crippen MR) is 110 cm³/mol. The van der Waals surface area contributed by atoms with Gasteiger partial charge in [0.1, 0.15) is 35.9 Å². The molecular formula is C21H21N5O3. The molecule has 1 amide bonds. The second-order valence-electron chi connectivity index (χ2n) is 5.92. The Morgan fingerprint density at radius 1 is 1.24 bits per heavy atom. The molecule has 0 spiro atoms. The summed E-state index contributed by atoms with van der Waals surface area (Å²) in [6.07, 6.45) is 4.95. The summed E-state index contributed by atoms with van der Waals surface area (Å²) in [4.78, 5) is 17.4. The van der Waals surface area contributed by atoms with Crippen LogP contribution in [-0.2, 0) is 6.54 Å². The van der Waals surface area contributed by atoms with Gasteiger partial charge in [-0.2, -0.15) is 0 Å². The fourth-order valence-electron chi connectivity index (χ4n) is 2.63. The molecule has 0 aliphatic rings. The number of hydrogen-bond acceptors (Lipinski definition) is 6. The number of methoxy groups -OCH3 is 1. The van der Waals surface area contributed by atoms with Crippen LogP contribution in [0.1, 0.15) is 10.4 Å². The molecule has 0 saturated carbocycles. The normalized spacial score (nSPS) is 10.2. The smallest absolute Gasteiger partial charge is 0.260 e. The Labute approximate surface area is 168 Å². The molecule has 1 N–H and O–H groups in total. The van der Waals surface area contributed by atoms with Crippen LogP contribution >= 0.6 is 0 Å². The molecule has 3 rings (SSSR count). The van der Waals surface area contributed by atoms with Crippen LogP contribution in [0.15, 0.2) is 68.0 Å². The number of nitrogens with one attached hydrogen (secondary N) is 1. The number of nitrogens with zero attached hydrogens (tertiary/aromatic N) is 4. The van der Waals surface area contributed by atoms with Crippen molar-refractivity contribution in [1.29, 1.82) is 0 Å². The van der Waals surface area contributed by atoms with Crippen molar-refractivity contribution in [3.05, 3.63) is 73.6 Å². The van der Waals surface area contributed by atoms with E-state index in [1.54, 1.807) is 54.9 Å². The highest BCUT2D eigenvalue weighted by Gasteiger charge is 2.16. The van der Waals surface area contributed by atoms with Crippen LogP contribution in [0.4, 0.5) is 5.82 Å². The third-order valence-electron chi connectivity index (χ3n) is 3.95. The van der Waals surface area contributed by atoms with Gasteiger partial charge < -0.3 is 19.4 Å². The quantitative estimate of drug-likeness (QED) is 0.563. The summed E-state index contributed by atoms with van der Waals surface area (Å²) in [6.45, 7) is 8.18. The van der Waals surface area contributed by atoms with Gasteiger partial charge in [0, 0.05) is 6.54 Å². The molecule has 8 heteroatoms. The van der Waals surface area contributed by atoms with Crippen LogP contribution < -0.4 is 14.8 Å². The van der Waals surface area contributed by atoms with Crippen LogP contribution in [-0.4, -0.2) is 39.4 Å². The van der Waals surface area contributed by atoms with Gasteiger partial charge in [-0.3, -0.25) is 4.79 Å². The fourth-order valence-corrected chi connectivity index (χ4v) is 2.63. The molecule has 3 aromatic rings. The highest BCUT2D eigenvalue weighted by atomic mass is 16.5. The molecule has 0 radical (unpaired) electrons. The number of carbonyl (C=O) groups is 1. The number of ether oxygens (including phenoxy) is 2. The van der Waals surface area contributed by atoms with E-state index in [0.29, 0.717) is 40.9 Å². The maximum Gasteiger partial charge on any atom is 0.260 e. The SMILES string of the molecule is C=CCOc1ccc(OC)cc1C(=O)Nc1cccc(-c2nncn2CC=C)n1. The molecule has 0 unspecified atom stereocenters. The summed E-state index contributed by atoms with van der Waals surface area (Å²) in [5.74, 6) is 1.54. The highest BCUT2D eigenvalue weighted by Crippen LogP contribution is 2.25. The maximum absolute atomic E-state index is 12.9. The molecule has 0 aliphatic heterocycles. The molecule has 0 bridgehead atoms. The average molecular weight is 391 g/mol. The number of rotatable bonds is 9. The predicted octanol–water partition coefficient (Wildman–Crippen LogP) is 3.35. The van der Waals surface area contributed by atoms with E-state index >= 15 is 0 Å². The summed E-state index contributed by atoms with van der Waals surface area (Å²) in [6, 6.07) is 10.3. The first-order valence-electron chi connectivity index (χ1n) is 8.85. The van der Waals surface area contributed by atoms with E-state index in [1.807, 2.05) is 4.57 Å². The molecule has 0 saturated heterocycles. The molecule has 29 heavy (non-hydrogen) atoms. The van der Waals surface area contributed by atoms with Gasteiger partial charge in [0.2, 0.25) is 0 Å². The van der Waals surface area contributed by atoms with Crippen LogP contribution in [0.3, 0.4) is 0 Å². The van der Waals surface area contributed by atoms with E-state index in [4.69, 9.17) is 9.47 Å². The van der Waals surface area contributed by atoms with Crippen molar-refractivity contribution in [3.8, 4) is 23.0 Å². The van der Waals surface area contributed by atoms with Gasteiger partial charge in [0.05, 0.1) is 12.7 Å². The third-order valence-corrected chi connectivity index (χ3v) is 3.95. The number of amides is 1. The van der Waals surface area contributed by atoms with Crippen molar-refractivity contribution in [1.82, 2.24) is 19.7 Å². The largest absolute Gasteiger partial charge is 0.497 e. The van der Waals surface area contributed by atoms with Crippen molar-refractivity contribution in [2.75, 3.05) is 19.0 Å². The van der Waals surface area contributed by atoms with Gasteiger partial charge in [0.25, 0.3) is 5.91 Å². The first kappa shape index (κ1) is 19.8. The molecule has 148 valence electrons. The minimum absolute atomic E-state index is 0.277. The zero-order chi connectivity index (χ0) is 20.6. The molecular weight excluding hydrogens is 370 g/mol. The lowest BCUT2D eigenvalue weighted by Crippen LogP contribution is -2.15. The van der Waals surface area contributed by atoms with E-state index in [9.17, 15) is 4.79 Å². The van der Waals surface area contributed by atoms with Crippen LogP contribution in [0.5, 0.6) is 11.5 Å². The lowest BCUT2D eigenvalue weighted by molar-refractivity contribution is 0.102. The maximum atomic E-state index is 12.9. The lowest BCUT2D eigenvalue weighted by atomic mass is 10.1. The van der Waals surface area contributed by atoms with Crippen molar-refractivity contribution < 1.29 is 14.3 Å². The van der Waals surface area contributed by atoms with Crippen molar-refractivity contribution in [2.24, 2.45) is 0 Å². The molecule has 2 aromatic heterocycles. The van der Waals surface area contributed by atoms with E-state index in [-0.39, 0.29) is 12.5 Å². The van der Waals surface area contributed by atoms with Crippen molar-refractivity contribution in [3.63, 3.8) is 0 Å². The fraction of sp³-hybridized carbons (Fsp3) is 0.143. The Bertz CT molecular complexity index is 1030. The standard InChI is InChI=1S/C21H21N5O3/c1-4-11-26-14-22-25-20(26)17-7-6-8-19(23-17)24-21(27)16-13-15(28-3)9-10-18(16)29-12-5-2/h4-10,13-14H,1-2,11-12H2,3H3,(H,23,24,27). The zero-order valence-corrected chi connectivity index (χ0v) is 16.0. The first-order chi connectivity index (χ1) is 14.2. The summed E-state index contributed by atoms with van der Waals surface area (Å²) in [5, 5.41) is 10.8. The summed E-state index contributed by atoms with van der Waals surface area (Å²) >= 11 is 0. The van der Waals surface area contributed by atoms with Crippen molar-refractivity contribution >= 4 is 11.7 Å². The Balaban J connectivity index is 1.87. The number of carbonyl (C=O) groups excluding carboxylic acids is 1. The zero-order valence-electron chi connectivity index (χ0n) is 16.0. The topological polar surface area (TPSA) is 91.2 Å². The van der Waals surface area contributed by atoms with Crippen LogP contribution in [0.2, 0.25) is 0 Å². The van der Waals surface area contributed by atoms with E-state index in [1.165, 1.54) is 7.11 Å². The Morgan fingerprint density at radius 3 is 2.86 bits per heavy atom. The Hall–Kier alpha value is -3.94. The van der Waals surface area contributed by atoms with Gasteiger partial charge in [-0.25, -0.2) is 4.98 Å². The number of pyridine rings is 1. The van der Waals surface area contributed by atoms with Gasteiger partial charge in [-0.1, -0.05) is 24.8 Å². The summed E-state index contributed by atoms with van der Waals surface area (Å²) in [5.41, 5.74) is 0.907. The summed E-state index contributed by atoms with van der Waals surface area (Å²) in [7, 11) is 1.53. The van der Waals surface area contributed by atoms with Crippen LogP contribution in [0.25, 0.3) is 11.5 Å². The molecule has 0 atom stereocenters. The number of allylic oxidation sites excluding steroid dienone is 1. The molecule has 0 aliphatic carbocycles.